The summed E-state index contributed by atoms with van der Waals surface area (Å²) in [5.74, 6) is -0.158. The van der Waals surface area contributed by atoms with Crippen LogP contribution in [-0.4, -0.2) is 55.0 Å². The molecule has 0 atom stereocenters. The monoisotopic (exact) mass is 372 g/mol. The highest BCUT2D eigenvalue weighted by molar-refractivity contribution is 5.94. The van der Waals surface area contributed by atoms with E-state index in [1.165, 1.54) is 12.1 Å². The summed E-state index contributed by atoms with van der Waals surface area (Å²) in [5.41, 5.74) is 1.53. The van der Waals surface area contributed by atoms with E-state index < -0.39 is 6.61 Å². The van der Waals surface area contributed by atoms with Crippen molar-refractivity contribution in [2.24, 2.45) is 0 Å². The van der Waals surface area contributed by atoms with Gasteiger partial charge >= 0.3 is 6.61 Å². The van der Waals surface area contributed by atoms with Crippen molar-refractivity contribution >= 4 is 12.0 Å². The van der Waals surface area contributed by atoms with Crippen molar-refractivity contribution in [3.8, 4) is 5.75 Å². The maximum atomic E-state index is 12.6. The second-order valence-electron chi connectivity index (χ2n) is 6.31. The zero-order chi connectivity index (χ0) is 19.1. The molecule has 4 nitrogen and oxygen atoms in total. The van der Waals surface area contributed by atoms with Crippen LogP contribution in [0.5, 0.6) is 5.75 Å². The van der Waals surface area contributed by atoms with Gasteiger partial charge in [-0.1, -0.05) is 48.6 Å². The number of halogens is 2. The van der Waals surface area contributed by atoms with Crippen molar-refractivity contribution in [2.75, 3.05) is 32.7 Å². The minimum absolute atomic E-state index is 0.000495. The predicted molar refractivity (Wildman–Crippen MR) is 101 cm³/mol. The van der Waals surface area contributed by atoms with E-state index in [2.05, 4.69) is 33.9 Å². The number of piperazine rings is 1. The molecule has 1 aliphatic heterocycles. The van der Waals surface area contributed by atoms with Gasteiger partial charge in [0.25, 0.3) is 5.91 Å². The van der Waals surface area contributed by atoms with Crippen LogP contribution in [0.4, 0.5) is 8.78 Å². The van der Waals surface area contributed by atoms with Crippen molar-refractivity contribution in [2.45, 2.75) is 6.61 Å². The molecule has 27 heavy (non-hydrogen) atoms. The summed E-state index contributed by atoms with van der Waals surface area (Å²) in [4.78, 5) is 16.6. The summed E-state index contributed by atoms with van der Waals surface area (Å²) in [6.07, 6.45) is 4.21. The van der Waals surface area contributed by atoms with Crippen LogP contribution in [0.2, 0.25) is 0 Å². The zero-order valence-electron chi connectivity index (χ0n) is 14.9. The lowest BCUT2D eigenvalue weighted by molar-refractivity contribution is -0.0499. The molecule has 1 amide bonds. The van der Waals surface area contributed by atoms with Gasteiger partial charge in [-0.3, -0.25) is 9.69 Å². The first-order valence-electron chi connectivity index (χ1n) is 8.90. The van der Waals surface area contributed by atoms with E-state index in [9.17, 15) is 13.6 Å². The first-order valence-corrected chi connectivity index (χ1v) is 8.90. The highest BCUT2D eigenvalue weighted by atomic mass is 19.3. The second kappa shape index (κ2) is 9.28. The van der Waals surface area contributed by atoms with Gasteiger partial charge in [-0.15, -0.1) is 0 Å². The lowest BCUT2D eigenvalue weighted by Crippen LogP contribution is -2.48. The number of nitrogens with zero attached hydrogens (tertiary/aromatic N) is 2. The molecule has 6 heteroatoms. The van der Waals surface area contributed by atoms with Gasteiger partial charge in [-0.2, -0.15) is 8.78 Å². The average molecular weight is 372 g/mol. The van der Waals surface area contributed by atoms with Crippen molar-refractivity contribution in [3.05, 3.63) is 71.8 Å². The summed E-state index contributed by atoms with van der Waals surface area (Å²) >= 11 is 0. The third-order valence-electron chi connectivity index (χ3n) is 4.44. The molecule has 3 rings (SSSR count). The van der Waals surface area contributed by atoms with E-state index in [0.29, 0.717) is 18.7 Å². The van der Waals surface area contributed by atoms with E-state index in [-0.39, 0.29) is 11.7 Å². The molecular weight excluding hydrogens is 350 g/mol. The van der Waals surface area contributed by atoms with Crippen LogP contribution in [-0.2, 0) is 0 Å². The normalized spacial score (nSPS) is 15.4. The summed E-state index contributed by atoms with van der Waals surface area (Å²) in [5, 5.41) is 0. The fraction of sp³-hybridized carbons (Fsp3) is 0.286. The minimum Gasteiger partial charge on any atom is -0.435 e. The van der Waals surface area contributed by atoms with Crippen LogP contribution >= 0.6 is 0 Å². The van der Waals surface area contributed by atoms with E-state index in [0.717, 1.165) is 25.2 Å². The Morgan fingerprint density at radius 3 is 2.48 bits per heavy atom. The standard InChI is InChI=1S/C21H22F2N2O2/c22-21(23)27-19-10-4-9-18(16-19)20(26)25-14-12-24(13-15-25)11-5-8-17-6-2-1-3-7-17/h1-10,16,21H,11-15H2/b8-5+. The van der Waals surface area contributed by atoms with Crippen molar-refractivity contribution in [1.29, 1.82) is 0 Å². The Morgan fingerprint density at radius 1 is 1.04 bits per heavy atom. The lowest BCUT2D eigenvalue weighted by Gasteiger charge is -2.34. The van der Waals surface area contributed by atoms with Crippen LogP contribution in [0.15, 0.2) is 60.7 Å². The molecule has 0 aliphatic carbocycles. The van der Waals surface area contributed by atoms with Crippen LogP contribution < -0.4 is 4.74 Å². The molecule has 0 aromatic heterocycles. The molecule has 1 saturated heterocycles. The predicted octanol–water partition coefficient (Wildman–Crippen LogP) is 3.76. The van der Waals surface area contributed by atoms with E-state index in [1.54, 1.807) is 17.0 Å². The van der Waals surface area contributed by atoms with Gasteiger partial charge in [-0.05, 0) is 23.8 Å². The number of rotatable bonds is 6. The number of hydrogen-bond acceptors (Lipinski definition) is 3. The number of hydrogen-bond donors (Lipinski definition) is 0. The molecule has 0 bridgehead atoms. The Balaban J connectivity index is 1.50. The van der Waals surface area contributed by atoms with Crippen LogP contribution in [0.1, 0.15) is 15.9 Å². The van der Waals surface area contributed by atoms with Crippen LogP contribution in [0.3, 0.4) is 0 Å². The summed E-state index contributed by atoms with van der Waals surface area (Å²) < 4.78 is 29.0. The van der Waals surface area contributed by atoms with Crippen LogP contribution in [0, 0.1) is 0 Å². The topological polar surface area (TPSA) is 32.8 Å². The molecule has 1 fully saturated rings. The molecule has 0 saturated carbocycles. The van der Waals surface area contributed by atoms with Crippen molar-refractivity contribution in [3.63, 3.8) is 0 Å². The quantitative estimate of drug-likeness (QED) is 0.774. The third-order valence-corrected chi connectivity index (χ3v) is 4.44. The molecule has 0 radical (unpaired) electrons. The summed E-state index contributed by atoms with van der Waals surface area (Å²) in [7, 11) is 0. The zero-order valence-corrected chi connectivity index (χ0v) is 14.9. The van der Waals surface area contributed by atoms with E-state index >= 15 is 0 Å². The summed E-state index contributed by atoms with van der Waals surface area (Å²) in [6, 6.07) is 16.1. The van der Waals surface area contributed by atoms with Crippen molar-refractivity contribution in [1.82, 2.24) is 9.80 Å². The van der Waals surface area contributed by atoms with Crippen LogP contribution in [0.25, 0.3) is 6.08 Å². The largest absolute Gasteiger partial charge is 0.435 e. The smallest absolute Gasteiger partial charge is 0.387 e. The molecule has 1 heterocycles. The van der Waals surface area contributed by atoms with Gasteiger partial charge in [0.05, 0.1) is 0 Å². The Hall–Kier alpha value is -2.73. The lowest BCUT2D eigenvalue weighted by atomic mass is 10.1. The molecule has 142 valence electrons. The van der Waals surface area contributed by atoms with Gasteiger partial charge in [0.1, 0.15) is 5.75 Å². The molecular formula is C21H22F2N2O2. The van der Waals surface area contributed by atoms with Gasteiger partial charge in [0.2, 0.25) is 0 Å². The number of amides is 1. The fourth-order valence-corrected chi connectivity index (χ4v) is 3.02. The summed E-state index contributed by atoms with van der Waals surface area (Å²) in [6.45, 7) is 0.698. The average Bonchev–Trinajstić information content (AvgIpc) is 2.68. The Kier molecular flexibility index (Phi) is 6.54. The minimum atomic E-state index is -2.90. The first-order chi connectivity index (χ1) is 13.1. The SMILES string of the molecule is O=C(c1cccc(OC(F)F)c1)N1CCN(C/C=C/c2ccccc2)CC1. The first kappa shape index (κ1) is 19.0. The van der Waals surface area contributed by atoms with E-state index in [4.69, 9.17) is 0 Å². The molecule has 2 aromatic rings. The highest BCUT2D eigenvalue weighted by Crippen LogP contribution is 2.18. The second-order valence-corrected chi connectivity index (χ2v) is 6.31. The fourth-order valence-electron chi connectivity index (χ4n) is 3.02. The molecule has 2 aromatic carbocycles. The Morgan fingerprint density at radius 2 is 1.78 bits per heavy atom. The molecule has 1 aliphatic rings. The number of carbonyl (C=O) groups excluding carboxylic acids is 1. The van der Waals surface area contributed by atoms with Crippen molar-refractivity contribution < 1.29 is 18.3 Å². The number of benzene rings is 2. The highest BCUT2D eigenvalue weighted by Gasteiger charge is 2.22. The maximum Gasteiger partial charge on any atom is 0.387 e. The van der Waals surface area contributed by atoms with Gasteiger partial charge in [0, 0.05) is 38.3 Å². The number of ether oxygens (including phenoxy) is 1. The Labute approximate surface area is 157 Å². The van der Waals surface area contributed by atoms with Gasteiger partial charge < -0.3 is 9.64 Å². The Bertz CT molecular complexity index is 773. The van der Waals surface area contributed by atoms with Gasteiger partial charge in [-0.25, -0.2) is 0 Å². The number of alkyl halides is 2. The molecule has 0 N–H and O–H groups in total. The molecule has 0 spiro atoms. The maximum absolute atomic E-state index is 12.6. The van der Waals surface area contributed by atoms with Gasteiger partial charge in [0.15, 0.2) is 0 Å². The van der Waals surface area contributed by atoms with E-state index in [1.807, 2.05) is 18.2 Å². The third kappa shape index (κ3) is 5.62. The number of carbonyl (C=O) groups is 1. The molecule has 0 unspecified atom stereocenters.